The van der Waals surface area contributed by atoms with Crippen molar-refractivity contribution in [3.63, 3.8) is 0 Å². The van der Waals surface area contributed by atoms with E-state index in [-0.39, 0.29) is 24.0 Å². The summed E-state index contributed by atoms with van der Waals surface area (Å²) in [6, 6.07) is 10.1. The summed E-state index contributed by atoms with van der Waals surface area (Å²) in [6.45, 7) is 1.98. The summed E-state index contributed by atoms with van der Waals surface area (Å²) >= 11 is 0. The highest BCUT2D eigenvalue weighted by atomic mass is 16.5. The van der Waals surface area contributed by atoms with Crippen LogP contribution in [0, 0.1) is 5.92 Å². The van der Waals surface area contributed by atoms with E-state index in [1.165, 1.54) is 5.56 Å². The van der Waals surface area contributed by atoms with Gasteiger partial charge in [-0.2, -0.15) is 0 Å². The molecule has 1 heterocycles. The lowest BCUT2D eigenvalue weighted by molar-refractivity contribution is -0.123. The average molecular weight is 318 g/mol. The lowest BCUT2D eigenvalue weighted by Crippen LogP contribution is -2.47. The van der Waals surface area contributed by atoms with Crippen molar-refractivity contribution in [3.8, 4) is 0 Å². The first-order valence-electron chi connectivity index (χ1n) is 8.46. The van der Waals surface area contributed by atoms with Crippen LogP contribution in [-0.4, -0.2) is 60.9 Å². The lowest BCUT2D eigenvalue weighted by atomic mass is 10.1. The Kier molecular flexibility index (Phi) is 5.30. The Balaban J connectivity index is 1.41. The number of nitrogens with zero attached hydrogens (tertiary/aromatic N) is 1. The van der Waals surface area contributed by atoms with Crippen molar-refractivity contribution in [2.75, 3.05) is 26.7 Å². The Morgan fingerprint density at radius 3 is 2.78 bits per heavy atom. The van der Waals surface area contributed by atoms with Gasteiger partial charge in [-0.15, -0.1) is 0 Å². The molecule has 3 atom stereocenters. The van der Waals surface area contributed by atoms with Gasteiger partial charge < -0.3 is 20.1 Å². The molecule has 0 aromatic heterocycles. The van der Waals surface area contributed by atoms with Crippen LogP contribution in [0.1, 0.15) is 18.4 Å². The number of aliphatic hydroxyl groups is 1. The second-order valence-corrected chi connectivity index (χ2v) is 6.75. The third kappa shape index (κ3) is 4.53. The molecule has 0 spiro atoms. The monoisotopic (exact) mass is 318 g/mol. The van der Waals surface area contributed by atoms with E-state index in [1.54, 1.807) is 0 Å². The maximum atomic E-state index is 11.8. The summed E-state index contributed by atoms with van der Waals surface area (Å²) in [5.41, 5.74) is 1.31. The first kappa shape index (κ1) is 16.4. The zero-order chi connectivity index (χ0) is 16.2. The topological polar surface area (TPSA) is 61.8 Å². The van der Waals surface area contributed by atoms with Gasteiger partial charge in [-0.25, -0.2) is 0 Å². The van der Waals surface area contributed by atoms with Crippen molar-refractivity contribution in [2.45, 2.75) is 37.5 Å². The summed E-state index contributed by atoms with van der Waals surface area (Å²) in [6.07, 6.45) is 2.06. The van der Waals surface area contributed by atoms with Gasteiger partial charge in [-0.05, 0) is 31.9 Å². The molecule has 3 rings (SSSR count). The van der Waals surface area contributed by atoms with Crippen LogP contribution in [0.3, 0.4) is 0 Å². The fourth-order valence-electron chi connectivity index (χ4n) is 2.98. The van der Waals surface area contributed by atoms with Crippen LogP contribution < -0.4 is 5.32 Å². The van der Waals surface area contributed by atoms with Crippen LogP contribution in [0.15, 0.2) is 30.3 Å². The van der Waals surface area contributed by atoms with Crippen molar-refractivity contribution in [1.29, 1.82) is 0 Å². The third-order valence-corrected chi connectivity index (χ3v) is 4.68. The molecule has 23 heavy (non-hydrogen) atoms. The molecule has 2 fully saturated rings. The zero-order valence-electron chi connectivity index (χ0n) is 13.6. The molecule has 1 saturated carbocycles. The molecule has 1 saturated heterocycles. The molecule has 0 bridgehead atoms. The van der Waals surface area contributed by atoms with Gasteiger partial charge in [-0.1, -0.05) is 30.3 Å². The van der Waals surface area contributed by atoms with Crippen LogP contribution >= 0.6 is 0 Å². The summed E-state index contributed by atoms with van der Waals surface area (Å²) in [5.74, 6) is 0.227. The highest BCUT2D eigenvalue weighted by molar-refractivity contribution is 5.81. The number of aliphatic hydroxyl groups excluding tert-OH is 1. The van der Waals surface area contributed by atoms with Crippen molar-refractivity contribution in [3.05, 3.63) is 35.9 Å². The summed E-state index contributed by atoms with van der Waals surface area (Å²) in [7, 11) is 2.04. The maximum absolute atomic E-state index is 11.8. The summed E-state index contributed by atoms with van der Waals surface area (Å²) in [4.78, 5) is 14.0. The van der Waals surface area contributed by atoms with Crippen molar-refractivity contribution in [1.82, 2.24) is 10.2 Å². The van der Waals surface area contributed by atoms with Gasteiger partial charge in [0, 0.05) is 19.0 Å². The number of hydrogen-bond acceptors (Lipinski definition) is 4. The van der Waals surface area contributed by atoms with E-state index < -0.39 is 6.10 Å². The number of hydrogen-bond donors (Lipinski definition) is 2. The smallest absolute Gasteiger partial charge is 0.223 e. The molecule has 1 aromatic carbocycles. The number of benzene rings is 1. The largest absolute Gasteiger partial charge is 0.388 e. The number of amides is 1. The Morgan fingerprint density at radius 1 is 1.35 bits per heavy atom. The molecule has 2 N–H and O–H groups in total. The summed E-state index contributed by atoms with van der Waals surface area (Å²) in [5, 5.41) is 13.3. The molecular weight excluding hydrogens is 292 g/mol. The highest BCUT2D eigenvalue weighted by Crippen LogP contribution is 2.29. The van der Waals surface area contributed by atoms with Crippen LogP contribution in [0.2, 0.25) is 0 Å². The molecule has 3 unspecified atom stereocenters. The predicted molar refractivity (Wildman–Crippen MR) is 88.0 cm³/mol. The SMILES string of the molecule is CN(CCc1ccccc1)CC1OCC(NC(=O)C2CC2)C1O. The van der Waals surface area contributed by atoms with Crippen LogP contribution in [-0.2, 0) is 16.0 Å². The van der Waals surface area contributed by atoms with Gasteiger partial charge in [0.05, 0.1) is 18.8 Å². The molecule has 5 nitrogen and oxygen atoms in total. The average Bonchev–Trinajstić information content (AvgIpc) is 3.36. The second kappa shape index (κ2) is 7.43. The van der Waals surface area contributed by atoms with Gasteiger partial charge in [0.2, 0.25) is 5.91 Å². The van der Waals surface area contributed by atoms with Gasteiger partial charge in [0.1, 0.15) is 6.10 Å². The normalized spacial score (nSPS) is 27.3. The Hall–Kier alpha value is -1.43. The second-order valence-electron chi connectivity index (χ2n) is 6.75. The molecule has 1 aliphatic carbocycles. The number of rotatable bonds is 7. The Morgan fingerprint density at radius 2 is 2.09 bits per heavy atom. The Bertz CT molecular complexity index is 518. The first-order valence-corrected chi connectivity index (χ1v) is 8.46. The van der Waals surface area contributed by atoms with E-state index in [4.69, 9.17) is 4.74 Å². The van der Waals surface area contributed by atoms with Crippen molar-refractivity contribution < 1.29 is 14.6 Å². The zero-order valence-corrected chi connectivity index (χ0v) is 13.6. The van der Waals surface area contributed by atoms with Crippen molar-refractivity contribution in [2.24, 2.45) is 5.92 Å². The van der Waals surface area contributed by atoms with E-state index in [9.17, 15) is 9.90 Å². The van der Waals surface area contributed by atoms with E-state index in [0.29, 0.717) is 13.2 Å². The lowest BCUT2D eigenvalue weighted by Gasteiger charge is -2.23. The maximum Gasteiger partial charge on any atom is 0.223 e. The quantitative estimate of drug-likeness (QED) is 0.781. The first-order chi connectivity index (χ1) is 11.1. The highest BCUT2D eigenvalue weighted by Gasteiger charge is 2.39. The van der Waals surface area contributed by atoms with Crippen LogP contribution in [0.25, 0.3) is 0 Å². The molecule has 1 amide bonds. The minimum Gasteiger partial charge on any atom is -0.388 e. The molecule has 1 aliphatic heterocycles. The molecule has 0 radical (unpaired) electrons. The predicted octanol–water partition coefficient (Wildman–Crippen LogP) is 0.815. The van der Waals surface area contributed by atoms with Gasteiger partial charge >= 0.3 is 0 Å². The van der Waals surface area contributed by atoms with E-state index in [2.05, 4.69) is 22.3 Å². The standard InChI is InChI=1S/C18H26N2O3/c1-20(10-9-13-5-3-2-4-6-13)11-16-17(21)15(12-23-16)19-18(22)14-7-8-14/h2-6,14-17,21H,7-12H2,1H3,(H,19,22). The number of nitrogens with one attached hydrogen (secondary N) is 1. The van der Waals surface area contributed by atoms with E-state index >= 15 is 0 Å². The minimum atomic E-state index is -0.628. The Labute approximate surface area is 137 Å². The van der Waals surface area contributed by atoms with Crippen LogP contribution in [0.4, 0.5) is 0 Å². The molecule has 5 heteroatoms. The minimum absolute atomic E-state index is 0.0655. The molecular formula is C18H26N2O3. The van der Waals surface area contributed by atoms with Gasteiger partial charge in [0.15, 0.2) is 0 Å². The van der Waals surface area contributed by atoms with E-state index in [0.717, 1.165) is 25.8 Å². The third-order valence-electron chi connectivity index (χ3n) is 4.68. The molecule has 1 aromatic rings. The fraction of sp³-hybridized carbons (Fsp3) is 0.611. The molecule has 2 aliphatic rings. The number of ether oxygens (including phenoxy) is 1. The number of carbonyl (C=O) groups is 1. The molecule has 126 valence electrons. The number of likely N-dealkylation sites (N-methyl/N-ethyl adjacent to an activating group) is 1. The van der Waals surface area contributed by atoms with Crippen molar-refractivity contribution >= 4 is 5.91 Å². The number of carbonyl (C=O) groups excluding carboxylic acids is 1. The van der Waals surface area contributed by atoms with Gasteiger partial charge in [-0.3, -0.25) is 4.79 Å². The fourth-order valence-corrected chi connectivity index (χ4v) is 2.98. The van der Waals surface area contributed by atoms with Crippen LogP contribution in [0.5, 0.6) is 0 Å². The van der Waals surface area contributed by atoms with E-state index in [1.807, 2.05) is 25.2 Å². The summed E-state index contributed by atoms with van der Waals surface area (Å²) < 4.78 is 5.70. The van der Waals surface area contributed by atoms with Gasteiger partial charge in [0.25, 0.3) is 0 Å².